The summed E-state index contributed by atoms with van der Waals surface area (Å²) in [5, 5.41) is 17.8. The van der Waals surface area contributed by atoms with E-state index in [0.29, 0.717) is 13.0 Å². The van der Waals surface area contributed by atoms with E-state index in [9.17, 15) is 10.1 Å². The first-order chi connectivity index (χ1) is 9.08. The van der Waals surface area contributed by atoms with Gasteiger partial charge in [-0.2, -0.15) is 5.10 Å². The number of hydrogen-bond acceptors (Lipinski definition) is 6. The van der Waals surface area contributed by atoms with E-state index in [1.54, 1.807) is 4.68 Å². The van der Waals surface area contributed by atoms with E-state index in [4.69, 9.17) is 11.6 Å². The molecule has 0 radical (unpaired) electrons. The lowest BCUT2D eigenvalue weighted by atomic mass is 10.3. The summed E-state index contributed by atoms with van der Waals surface area (Å²) >= 11 is 5.68. The van der Waals surface area contributed by atoms with Gasteiger partial charge in [-0.15, -0.1) is 0 Å². The summed E-state index contributed by atoms with van der Waals surface area (Å²) in [6.45, 7) is 0.463. The van der Waals surface area contributed by atoms with Crippen LogP contribution in [-0.4, -0.2) is 31.2 Å². The molecule has 0 aliphatic rings. The summed E-state index contributed by atoms with van der Waals surface area (Å²) in [5.41, 5.74) is 0.572. The van der Waals surface area contributed by atoms with Gasteiger partial charge >= 0.3 is 5.69 Å². The van der Waals surface area contributed by atoms with Gasteiger partial charge in [-0.3, -0.25) is 14.8 Å². The number of hydrogen-bond donors (Lipinski definition) is 1. The van der Waals surface area contributed by atoms with Crippen LogP contribution in [0.5, 0.6) is 0 Å². The molecule has 0 aliphatic carbocycles. The molecule has 9 heteroatoms. The number of aromatic nitrogens is 4. The third kappa shape index (κ3) is 3.16. The van der Waals surface area contributed by atoms with Gasteiger partial charge in [0.2, 0.25) is 11.0 Å². The van der Waals surface area contributed by atoms with E-state index in [1.165, 1.54) is 6.33 Å². The lowest BCUT2D eigenvalue weighted by Gasteiger charge is -2.05. The largest absolute Gasteiger partial charge is 0.364 e. The minimum absolute atomic E-state index is 0.112. The van der Waals surface area contributed by atoms with Crippen molar-refractivity contribution in [2.24, 2.45) is 7.05 Å². The second-order valence-corrected chi connectivity index (χ2v) is 4.13. The molecule has 0 fully saturated rings. The van der Waals surface area contributed by atoms with Crippen LogP contribution in [0.25, 0.3) is 0 Å². The molecule has 8 nitrogen and oxygen atoms in total. The Morgan fingerprint density at radius 3 is 2.95 bits per heavy atom. The predicted octanol–water partition coefficient (Wildman–Crippen LogP) is 1.43. The molecule has 0 spiro atoms. The zero-order valence-corrected chi connectivity index (χ0v) is 10.8. The number of nitrogens with one attached hydrogen (secondary N) is 1. The maximum atomic E-state index is 10.9. The van der Waals surface area contributed by atoms with Crippen LogP contribution >= 0.6 is 11.6 Å². The van der Waals surface area contributed by atoms with Gasteiger partial charge in [0.25, 0.3) is 0 Å². The van der Waals surface area contributed by atoms with Gasteiger partial charge in [0.05, 0.1) is 10.6 Å². The van der Waals surface area contributed by atoms with Gasteiger partial charge in [0.15, 0.2) is 0 Å². The number of rotatable bonds is 5. The molecule has 0 unspecified atom stereocenters. The quantitative estimate of drug-likeness (QED) is 0.506. The second kappa shape index (κ2) is 5.61. The Bertz CT molecular complexity index is 599. The van der Waals surface area contributed by atoms with E-state index in [1.807, 2.05) is 19.3 Å². The highest BCUT2D eigenvalue weighted by molar-refractivity contribution is 6.31. The van der Waals surface area contributed by atoms with Crippen molar-refractivity contribution < 1.29 is 4.92 Å². The lowest BCUT2D eigenvalue weighted by Crippen LogP contribution is -2.09. The molecule has 0 aromatic carbocycles. The molecule has 0 amide bonds. The Labute approximate surface area is 113 Å². The first-order valence-corrected chi connectivity index (χ1v) is 5.83. The smallest absolute Gasteiger partial charge is 0.348 e. The highest BCUT2D eigenvalue weighted by atomic mass is 35.5. The Morgan fingerprint density at radius 1 is 1.53 bits per heavy atom. The lowest BCUT2D eigenvalue weighted by molar-refractivity contribution is -0.384. The Balaban J connectivity index is 2.03. The summed E-state index contributed by atoms with van der Waals surface area (Å²) in [6, 6.07) is 1.88. The van der Waals surface area contributed by atoms with Crippen LogP contribution in [0.2, 0.25) is 5.15 Å². The van der Waals surface area contributed by atoms with Gasteiger partial charge in [-0.05, 0) is 6.07 Å². The van der Waals surface area contributed by atoms with Crippen LogP contribution in [0, 0.1) is 10.1 Å². The van der Waals surface area contributed by atoms with Crippen molar-refractivity contribution in [3.05, 3.63) is 39.6 Å². The first-order valence-electron chi connectivity index (χ1n) is 5.45. The molecule has 0 bridgehead atoms. The van der Waals surface area contributed by atoms with Crippen LogP contribution in [0.4, 0.5) is 11.5 Å². The standard InChI is InChI=1S/C10H11ClN6O2/c1-16-5-3-7(15-16)2-4-12-10-8(17(18)19)9(11)13-6-14-10/h3,5-6H,2,4H2,1H3,(H,12,13,14). The molecular weight excluding hydrogens is 272 g/mol. The number of anilines is 1. The van der Waals surface area contributed by atoms with E-state index < -0.39 is 4.92 Å². The van der Waals surface area contributed by atoms with E-state index in [2.05, 4.69) is 20.4 Å². The van der Waals surface area contributed by atoms with Crippen LogP contribution < -0.4 is 5.32 Å². The van der Waals surface area contributed by atoms with Crippen molar-refractivity contribution in [1.82, 2.24) is 19.7 Å². The average molecular weight is 283 g/mol. The summed E-state index contributed by atoms with van der Waals surface area (Å²) in [6.07, 6.45) is 3.64. The van der Waals surface area contributed by atoms with Gasteiger partial charge in [-0.25, -0.2) is 9.97 Å². The monoisotopic (exact) mass is 282 g/mol. The van der Waals surface area contributed by atoms with Crippen molar-refractivity contribution in [3.63, 3.8) is 0 Å². The molecule has 100 valence electrons. The third-order valence-corrected chi connectivity index (χ3v) is 2.68. The zero-order valence-electron chi connectivity index (χ0n) is 10.1. The Hall–Kier alpha value is -2.22. The Morgan fingerprint density at radius 2 is 2.32 bits per heavy atom. The summed E-state index contributed by atoms with van der Waals surface area (Å²) < 4.78 is 1.69. The van der Waals surface area contributed by atoms with E-state index >= 15 is 0 Å². The molecule has 19 heavy (non-hydrogen) atoms. The molecule has 0 saturated heterocycles. The molecule has 1 N–H and O–H groups in total. The predicted molar refractivity (Wildman–Crippen MR) is 69.1 cm³/mol. The molecular formula is C10H11ClN6O2. The van der Waals surface area contributed by atoms with Crippen molar-refractivity contribution >= 4 is 23.1 Å². The maximum absolute atomic E-state index is 10.9. The number of nitro groups is 1. The summed E-state index contributed by atoms with van der Waals surface area (Å²) in [4.78, 5) is 17.7. The Kier molecular flexibility index (Phi) is 3.91. The fourth-order valence-corrected chi connectivity index (χ4v) is 1.76. The van der Waals surface area contributed by atoms with Crippen molar-refractivity contribution in [2.75, 3.05) is 11.9 Å². The van der Waals surface area contributed by atoms with E-state index in [-0.39, 0.29) is 16.7 Å². The molecule has 0 atom stereocenters. The minimum Gasteiger partial charge on any atom is -0.364 e. The van der Waals surface area contributed by atoms with Crippen LogP contribution in [0.3, 0.4) is 0 Å². The fraction of sp³-hybridized carbons (Fsp3) is 0.300. The molecule has 2 aromatic rings. The van der Waals surface area contributed by atoms with Gasteiger partial charge in [0, 0.05) is 26.2 Å². The van der Waals surface area contributed by atoms with Gasteiger partial charge < -0.3 is 5.32 Å². The molecule has 2 heterocycles. The summed E-state index contributed by atoms with van der Waals surface area (Å²) in [5.74, 6) is 0.112. The molecule has 2 rings (SSSR count). The molecule has 0 saturated carbocycles. The zero-order chi connectivity index (χ0) is 13.8. The van der Waals surface area contributed by atoms with Crippen molar-refractivity contribution in [1.29, 1.82) is 0 Å². The van der Waals surface area contributed by atoms with Crippen LogP contribution in [-0.2, 0) is 13.5 Å². The van der Waals surface area contributed by atoms with Crippen LogP contribution in [0.15, 0.2) is 18.6 Å². The topological polar surface area (TPSA) is 98.8 Å². The molecule has 2 aromatic heterocycles. The molecule has 0 aliphatic heterocycles. The van der Waals surface area contributed by atoms with Crippen molar-refractivity contribution in [2.45, 2.75) is 6.42 Å². The highest BCUT2D eigenvalue weighted by Gasteiger charge is 2.20. The SMILES string of the molecule is Cn1ccc(CCNc2ncnc(Cl)c2[N+](=O)[O-])n1. The van der Waals surface area contributed by atoms with Gasteiger partial charge in [-0.1, -0.05) is 11.6 Å². The van der Waals surface area contributed by atoms with E-state index in [0.717, 1.165) is 5.69 Å². The summed E-state index contributed by atoms with van der Waals surface area (Å²) in [7, 11) is 1.83. The average Bonchev–Trinajstić information content (AvgIpc) is 2.74. The number of nitrogens with zero attached hydrogens (tertiary/aromatic N) is 5. The number of halogens is 1. The van der Waals surface area contributed by atoms with Crippen LogP contribution in [0.1, 0.15) is 5.69 Å². The fourth-order valence-electron chi connectivity index (χ4n) is 1.55. The maximum Gasteiger partial charge on any atom is 0.348 e. The first kappa shape index (κ1) is 13.2. The number of aryl methyl sites for hydroxylation is 1. The third-order valence-electron chi connectivity index (χ3n) is 2.40. The second-order valence-electron chi connectivity index (χ2n) is 3.78. The van der Waals surface area contributed by atoms with Crippen molar-refractivity contribution in [3.8, 4) is 0 Å². The van der Waals surface area contributed by atoms with Gasteiger partial charge in [0.1, 0.15) is 6.33 Å². The normalized spacial score (nSPS) is 10.4. The highest BCUT2D eigenvalue weighted by Crippen LogP contribution is 2.27. The minimum atomic E-state index is -0.606.